The van der Waals surface area contributed by atoms with Crippen LogP contribution in [0.25, 0.3) is 22.3 Å². The van der Waals surface area contributed by atoms with Crippen LogP contribution in [0, 0.1) is 0 Å². The first-order valence-corrected chi connectivity index (χ1v) is 6.57. The monoisotopic (exact) mass is 243 g/mol. The van der Waals surface area contributed by atoms with Gasteiger partial charge in [0.2, 0.25) is 0 Å². The normalized spacial score (nSPS) is 11.2. The Hall–Kier alpha value is -1.68. The van der Waals surface area contributed by atoms with E-state index in [0.717, 1.165) is 34.4 Å². The Bertz CT molecular complexity index is 653. The molecule has 0 saturated heterocycles. The number of aromatic nitrogens is 3. The molecule has 3 nitrogen and oxygen atoms in total. The van der Waals surface area contributed by atoms with E-state index < -0.39 is 0 Å². The molecule has 0 amide bonds. The summed E-state index contributed by atoms with van der Waals surface area (Å²) in [7, 11) is 2.04. The van der Waals surface area contributed by atoms with Gasteiger partial charge in [-0.15, -0.1) is 11.3 Å². The van der Waals surface area contributed by atoms with Crippen LogP contribution in [-0.2, 0) is 13.5 Å². The minimum atomic E-state index is 0.928. The standard InChI is InChI=1S/C13H13N3S/c1-3-10-9(12-7-17-8-14-12)6-13-11(15-10)4-5-16(13)2/h4-8H,3H2,1-2H3. The van der Waals surface area contributed by atoms with Crippen LogP contribution in [-0.4, -0.2) is 14.5 Å². The molecule has 0 aliphatic rings. The fourth-order valence-electron chi connectivity index (χ4n) is 2.06. The van der Waals surface area contributed by atoms with Crippen molar-refractivity contribution in [1.29, 1.82) is 0 Å². The van der Waals surface area contributed by atoms with E-state index in [2.05, 4.69) is 34.0 Å². The molecular weight excluding hydrogens is 230 g/mol. The lowest BCUT2D eigenvalue weighted by Crippen LogP contribution is -1.94. The van der Waals surface area contributed by atoms with E-state index in [9.17, 15) is 0 Å². The van der Waals surface area contributed by atoms with Crippen molar-refractivity contribution in [3.8, 4) is 11.3 Å². The van der Waals surface area contributed by atoms with E-state index in [1.165, 1.54) is 0 Å². The maximum atomic E-state index is 4.71. The molecule has 0 aliphatic heterocycles. The lowest BCUT2D eigenvalue weighted by Gasteiger charge is -2.06. The molecule has 86 valence electrons. The molecular formula is C13H13N3S. The predicted octanol–water partition coefficient (Wildman–Crippen LogP) is 3.26. The van der Waals surface area contributed by atoms with Gasteiger partial charge < -0.3 is 4.57 Å². The van der Waals surface area contributed by atoms with Crippen LogP contribution >= 0.6 is 11.3 Å². The lowest BCUT2D eigenvalue weighted by atomic mass is 10.1. The zero-order chi connectivity index (χ0) is 11.8. The molecule has 0 fully saturated rings. The Kier molecular flexibility index (Phi) is 2.44. The van der Waals surface area contributed by atoms with Crippen LogP contribution in [0.4, 0.5) is 0 Å². The van der Waals surface area contributed by atoms with E-state index >= 15 is 0 Å². The van der Waals surface area contributed by atoms with Gasteiger partial charge in [-0.1, -0.05) is 6.92 Å². The van der Waals surface area contributed by atoms with Gasteiger partial charge in [-0.25, -0.2) is 4.98 Å². The Morgan fingerprint density at radius 2 is 2.29 bits per heavy atom. The van der Waals surface area contributed by atoms with Crippen molar-refractivity contribution >= 4 is 22.4 Å². The van der Waals surface area contributed by atoms with Gasteiger partial charge in [0, 0.05) is 24.2 Å². The largest absolute Gasteiger partial charge is 0.349 e. The molecule has 0 atom stereocenters. The van der Waals surface area contributed by atoms with Crippen LogP contribution in [0.1, 0.15) is 12.6 Å². The number of hydrogen-bond donors (Lipinski definition) is 0. The minimum Gasteiger partial charge on any atom is -0.349 e. The molecule has 4 heteroatoms. The van der Waals surface area contributed by atoms with Crippen molar-refractivity contribution in [2.45, 2.75) is 13.3 Å². The average Bonchev–Trinajstić information content (AvgIpc) is 2.98. The predicted molar refractivity (Wildman–Crippen MR) is 71.2 cm³/mol. The summed E-state index contributed by atoms with van der Waals surface area (Å²) in [6.07, 6.45) is 2.97. The summed E-state index contributed by atoms with van der Waals surface area (Å²) in [4.78, 5) is 9.10. The molecule has 0 radical (unpaired) electrons. The Morgan fingerprint density at radius 3 is 3.00 bits per heavy atom. The summed E-state index contributed by atoms with van der Waals surface area (Å²) in [5.41, 5.74) is 7.39. The maximum absolute atomic E-state index is 4.71. The fourth-order valence-corrected chi connectivity index (χ4v) is 2.61. The molecule has 3 rings (SSSR count). The number of aryl methyl sites for hydroxylation is 2. The Morgan fingerprint density at radius 1 is 1.41 bits per heavy atom. The molecule has 0 unspecified atom stereocenters. The lowest BCUT2D eigenvalue weighted by molar-refractivity contribution is 0.965. The number of fused-ring (bicyclic) bond motifs is 1. The third kappa shape index (κ3) is 1.65. The molecule has 3 aromatic heterocycles. The SMILES string of the molecule is CCc1nc2ccn(C)c2cc1-c1cscn1. The number of rotatable bonds is 2. The highest BCUT2D eigenvalue weighted by Gasteiger charge is 2.10. The van der Waals surface area contributed by atoms with Crippen molar-refractivity contribution in [1.82, 2.24) is 14.5 Å². The Labute approximate surface area is 104 Å². The van der Waals surface area contributed by atoms with Gasteiger partial charge >= 0.3 is 0 Å². The van der Waals surface area contributed by atoms with Gasteiger partial charge in [0.05, 0.1) is 27.9 Å². The average molecular weight is 243 g/mol. The summed E-state index contributed by atoms with van der Waals surface area (Å²) >= 11 is 1.62. The molecule has 0 spiro atoms. The van der Waals surface area contributed by atoms with Crippen LogP contribution in [0.3, 0.4) is 0 Å². The number of pyridine rings is 1. The quantitative estimate of drug-likeness (QED) is 0.691. The van der Waals surface area contributed by atoms with Crippen LogP contribution in [0.5, 0.6) is 0 Å². The van der Waals surface area contributed by atoms with Gasteiger partial charge in [-0.2, -0.15) is 0 Å². The highest BCUT2D eigenvalue weighted by atomic mass is 32.1. The topological polar surface area (TPSA) is 30.7 Å². The summed E-state index contributed by atoms with van der Waals surface area (Å²) in [6, 6.07) is 4.25. The third-order valence-electron chi connectivity index (χ3n) is 2.99. The zero-order valence-electron chi connectivity index (χ0n) is 9.84. The zero-order valence-corrected chi connectivity index (χ0v) is 10.7. The van der Waals surface area contributed by atoms with Crippen molar-refractivity contribution in [2.75, 3.05) is 0 Å². The van der Waals surface area contributed by atoms with Gasteiger partial charge in [0.1, 0.15) is 0 Å². The van der Waals surface area contributed by atoms with Gasteiger partial charge in [-0.3, -0.25) is 4.98 Å². The van der Waals surface area contributed by atoms with Gasteiger partial charge in [-0.05, 0) is 18.6 Å². The summed E-state index contributed by atoms with van der Waals surface area (Å²) < 4.78 is 2.09. The second-order valence-electron chi connectivity index (χ2n) is 4.04. The van der Waals surface area contributed by atoms with E-state index in [4.69, 9.17) is 4.98 Å². The molecule has 0 bridgehead atoms. The molecule has 0 aliphatic carbocycles. The summed E-state index contributed by atoms with van der Waals surface area (Å²) in [5, 5.41) is 2.07. The van der Waals surface area contributed by atoms with Crippen molar-refractivity contribution < 1.29 is 0 Å². The number of hydrogen-bond acceptors (Lipinski definition) is 3. The Balaban J connectivity index is 2.31. The molecule has 3 heterocycles. The van der Waals surface area contributed by atoms with Crippen molar-refractivity contribution in [3.05, 3.63) is 34.9 Å². The van der Waals surface area contributed by atoms with Gasteiger partial charge in [0.15, 0.2) is 0 Å². The van der Waals surface area contributed by atoms with Gasteiger partial charge in [0.25, 0.3) is 0 Å². The van der Waals surface area contributed by atoms with Crippen LogP contribution in [0.15, 0.2) is 29.2 Å². The molecule has 3 aromatic rings. The number of thiazole rings is 1. The first kappa shape index (κ1) is 10.5. The smallest absolute Gasteiger partial charge is 0.0884 e. The second kappa shape index (κ2) is 3.96. The third-order valence-corrected chi connectivity index (χ3v) is 3.58. The van der Waals surface area contributed by atoms with E-state index in [-0.39, 0.29) is 0 Å². The maximum Gasteiger partial charge on any atom is 0.0884 e. The molecule has 17 heavy (non-hydrogen) atoms. The minimum absolute atomic E-state index is 0.928. The fraction of sp³-hybridized carbons (Fsp3) is 0.231. The van der Waals surface area contributed by atoms with Crippen LogP contribution in [0.2, 0.25) is 0 Å². The van der Waals surface area contributed by atoms with E-state index in [0.29, 0.717) is 0 Å². The van der Waals surface area contributed by atoms with E-state index in [1.54, 1.807) is 11.3 Å². The van der Waals surface area contributed by atoms with Crippen molar-refractivity contribution in [3.63, 3.8) is 0 Å². The first-order chi connectivity index (χ1) is 8.29. The first-order valence-electron chi connectivity index (χ1n) is 5.63. The molecule has 0 N–H and O–H groups in total. The summed E-state index contributed by atoms with van der Waals surface area (Å²) in [5.74, 6) is 0. The molecule has 0 saturated carbocycles. The number of nitrogens with zero attached hydrogens (tertiary/aromatic N) is 3. The van der Waals surface area contributed by atoms with E-state index in [1.807, 2.05) is 18.8 Å². The molecule has 0 aromatic carbocycles. The van der Waals surface area contributed by atoms with Crippen LogP contribution < -0.4 is 0 Å². The van der Waals surface area contributed by atoms with Crippen molar-refractivity contribution in [2.24, 2.45) is 7.05 Å². The summed E-state index contributed by atoms with van der Waals surface area (Å²) in [6.45, 7) is 2.13. The highest BCUT2D eigenvalue weighted by Crippen LogP contribution is 2.26. The highest BCUT2D eigenvalue weighted by molar-refractivity contribution is 7.07. The second-order valence-corrected chi connectivity index (χ2v) is 4.76.